The standard InChI is InChI=1S/C16H18ClFN2O/c1-3-6-19-9-12-7-14(18)10-20-16(12)21-15-8-13(17)5-4-11(15)2/h4-5,7-8,10,19H,3,6,9H2,1-2H3. The van der Waals surface area contributed by atoms with Crippen molar-refractivity contribution in [2.75, 3.05) is 6.54 Å². The Morgan fingerprint density at radius 2 is 2.14 bits per heavy atom. The van der Waals surface area contributed by atoms with Gasteiger partial charge in [0.05, 0.1) is 6.20 Å². The molecule has 2 rings (SSSR count). The molecule has 1 aromatic heterocycles. The van der Waals surface area contributed by atoms with E-state index >= 15 is 0 Å². The lowest BCUT2D eigenvalue weighted by atomic mass is 10.2. The van der Waals surface area contributed by atoms with Gasteiger partial charge in [0.1, 0.15) is 11.6 Å². The van der Waals surface area contributed by atoms with E-state index in [1.54, 1.807) is 12.1 Å². The third kappa shape index (κ3) is 4.41. The van der Waals surface area contributed by atoms with Crippen molar-refractivity contribution in [1.82, 2.24) is 10.3 Å². The lowest BCUT2D eigenvalue weighted by molar-refractivity contribution is 0.445. The smallest absolute Gasteiger partial charge is 0.223 e. The first kappa shape index (κ1) is 15.7. The molecule has 0 bridgehead atoms. The van der Waals surface area contributed by atoms with E-state index in [9.17, 15) is 4.39 Å². The number of pyridine rings is 1. The van der Waals surface area contributed by atoms with Gasteiger partial charge in [0.15, 0.2) is 0 Å². The summed E-state index contributed by atoms with van der Waals surface area (Å²) in [4.78, 5) is 4.04. The molecule has 0 saturated heterocycles. The molecule has 21 heavy (non-hydrogen) atoms. The van der Waals surface area contributed by atoms with Crippen LogP contribution in [0.15, 0.2) is 30.5 Å². The normalized spacial score (nSPS) is 10.7. The highest BCUT2D eigenvalue weighted by atomic mass is 35.5. The molecule has 0 saturated carbocycles. The summed E-state index contributed by atoms with van der Waals surface area (Å²) in [6.07, 6.45) is 2.16. The van der Waals surface area contributed by atoms with Gasteiger partial charge in [0, 0.05) is 17.1 Å². The maximum Gasteiger partial charge on any atom is 0.223 e. The van der Waals surface area contributed by atoms with Crippen LogP contribution in [0.2, 0.25) is 5.02 Å². The predicted octanol–water partition coefficient (Wildman–Crippen LogP) is 4.47. The Bertz CT molecular complexity index is 619. The van der Waals surface area contributed by atoms with Crippen molar-refractivity contribution in [1.29, 1.82) is 0 Å². The van der Waals surface area contributed by atoms with Crippen LogP contribution in [0.3, 0.4) is 0 Å². The molecule has 0 spiro atoms. The van der Waals surface area contributed by atoms with Crippen LogP contribution in [-0.2, 0) is 6.54 Å². The quantitative estimate of drug-likeness (QED) is 0.799. The molecule has 0 amide bonds. The highest BCUT2D eigenvalue weighted by Crippen LogP contribution is 2.29. The molecule has 2 aromatic rings. The summed E-state index contributed by atoms with van der Waals surface area (Å²) in [5, 5.41) is 3.80. The Morgan fingerprint density at radius 3 is 2.90 bits per heavy atom. The Labute approximate surface area is 129 Å². The molecule has 0 aliphatic carbocycles. The average molecular weight is 309 g/mol. The molecule has 1 heterocycles. The molecular formula is C16H18ClFN2O. The van der Waals surface area contributed by atoms with Crippen LogP contribution in [0.1, 0.15) is 24.5 Å². The van der Waals surface area contributed by atoms with Crippen molar-refractivity contribution < 1.29 is 9.13 Å². The van der Waals surface area contributed by atoms with Gasteiger partial charge in [-0.1, -0.05) is 24.6 Å². The van der Waals surface area contributed by atoms with Gasteiger partial charge >= 0.3 is 0 Å². The Hall–Kier alpha value is -1.65. The van der Waals surface area contributed by atoms with E-state index in [1.165, 1.54) is 6.07 Å². The minimum atomic E-state index is -0.376. The van der Waals surface area contributed by atoms with Crippen LogP contribution in [0, 0.1) is 12.7 Å². The van der Waals surface area contributed by atoms with Crippen LogP contribution in [-0.4, -0.2) is 11.5 Å². The Kier molecular flexibility index (Phi) is 5.53. The van der Waals surface area contributed by atoms with Crippen LogP contribution in [0.25, 0.3) is 0 Å². The van der Waals surface area contributed by atoms with Crippen LogP contribution in [0.4, 0.5) is 4.39 Å². The third-order valence-corrected chi connectivity index (χ3v) is 3.23. The first-order chi connectivity index (χ1) is 10.1. The fraction of sp³-hybridized carbons (Fsp3) is 0.312. The van der Waals surface area contributed by atoms with E-state index in [0.29, 0.717) is 28.8 Å². The summed E-state index contributed by atoms with van der Waals surface area (Å²) >= 11 is 5.98. The molecule has 0 aliphatic heterocycles. The van der Waals surface area contributed by atoms with Gasteiger partial charge in [-0.3, -0.25) is 0 Å². The van der Waals surface area contributed by atoms with Gasteiger partial charge < -0.3 is 10.1 Å². The van der Waals surface area contributed by atoms with Crippen LogP contribution < -0.4 is 10.1 Å². The lowest BCUT2D eigenvalue weighted by Gasteiger charge is -2.12. The minimum absolute atomic E-state index is 0.376. The highest BCUT2D eigenvalue weighted by molar-refractivity contribution is 6.30. The SMILES string of the molecule is CCCNCc1cc(F)cnc1Oc1cc(Cl)ccc1C. The maximum atomic E-state index is 13.4. The van der Waals surface area contributed by atoms with Gasteiger partial charge in [-0.15, -0.1) is 0 Å². The van der Waals surface area contributed by atoms with Gasteiger partial charge in [-0.2, -0.15) is 0 Å². The predicted molar refractivity (Wildman–Crippen MR) is 82.5 cm³/mol. The van der Waals surface area contributed by atoms with Gasteiger partial charge in [-0.05, 0) is 43.7 Å². The zero-order chi connectivity index (χ0) is 15.2. The summed E-state index contributed by atoms with van der Waals surface area (Å²) in [6.45, 7) is 5.35. The number of rotatable bonds is 6. The summed E-state index contributed by atoms with van der Waals surface area (Å²) in [5.74, 6) is 0.641. The molecule has 1 N–H and O–H groups in total. The van der Waals surface area contributed by atoms with Crippen molar-refractivity contribution in [3.05, 3.63) is 52.4 Å². The number of halogens is 2. The van der Waals surface area contributed by atoms with E-state index in [-0.39, 0.29) is 5.82 Å². The average Bonchev–Trinajstić information content (AvgIpc) is 2.46. The van der Waals surface area contributed by atoms with Crippen molar-refractivity contribution in [2.45, 2.75) is 26.8 Å². The summed E-state index contributed by atoms with van der Waals surface area (Å²) in [6, 6.07) is 6.83. The first-order valence-corrected chi connectivity index (χ1v) is 7.27. The number of aryl methyl sites for hydroxylation is 1. The number of nitrogens with zero attached hydrogens (tertiary/aromatic N) is 1. The molecule has 112 valence electrons. The number of ether oxygens (including phenoxy) is 1. The number of hydrogen-bond donors (Lipinski definition) is 1. The maximum absolute atomic E-state index is 13.4. The number of benzene rings is 1. The highest BCUT2D eigenvalue weighted by Gasteiger charge is 2.10. The zero-order valence-electron chi connectivity index (χ0n) is 12.1. The molecule has 0 atom stereocenters. The molecule has 3 nitrogen and oxygen atoms in total. The minimum Gasteiger partial charge on any atom is -0.438 e. The second-order valence-corrected chi connectivity index (χ2v) is 5.24. The first-order valence-electron chi connectivity index (χ1n) is 6.89. The van der Waals surface area contributed by atoms with E-state index in [0.717, 1.165) is 24.7 Å². The molecule has 0 unspecified atom stereocenters. The molecule has 5 heteroatoms. The van der Waals surface area contributed by atoms with Crippen molar-refractivity contribution in [2.24, 2.45) is 0 Å². The second kappa shape index (κ2) is 7.38. The van der Waals surface area contributed by atoms with Crippen LogP contribution >= 0.6 is 11.6 Å². The van der Waals surface area contributed by atoms with Crippen molar-refractivity contribution >= 4 is 11.6 Å². The van der Waals surface area contributed by atoms with E-state index in [2.05, 4.69) is 17.2 Å². The summed E-state index contributed by atoms with van der Waals surface area (Å²) < 4.78 is 19.2. The lowest BCUT2D eigenvalue weighted by Crippen LogP contribution is -2.15. The topological polar surface area (TPSA) is 34.2 Å². The fourth-order valence-electron chi connectivity index (χ4n) is 1.88. The largest absolute Gasteiger partial charge is 0.438 e. The molecule has 0 radical (unpaired) electrons. The molecule has 0 aliphatic rings. The Morgan fingerprint density at radius 1 is 1.33 bits per heavy atom. The van der Waals surface area contributed by atoms with Gasteiger partial charge in [0.2, 0.25) is 5.88 Å². The van der Waals surface area contributed by atoms with E-state index in [1.807, 2.05) is 13.0 Å². The summed E-state index contributed by atoms with van der Waals surface area (Å²) in [5.41, 5.74) is 1.63. The van der Waals surface area contributed by atoms with Crippen molar-refractivity contribution in [3.8, 4) is 11.6 Å². The Balaban J connectivity index is 2.24. The van der Waals surface area contributed by atoms with Crippen LogP contribution in [0.5, 0.6) is 11.6 Å². The van der Waals surface area contributed by atoms with E-state index in [4.69, 9.17) is 16.3 Å². The third-order valence-electron chi connectivity index (χ3n) is 2.99. The van der Waals surface area contributed by atoms with E-state index < -0.39 is 0 Å². The van der Waals surface area contributed by atoms with Crippen molar-refractivity contribution in [3.63, 3.8) is 0 Å². The summed E-state index contributed by atoms with van der Waals surface area (Å²) in [7, 11) is 0. The molecule has 1 aromatic carbocycles. The zero-order valence-corrected chi connectivity index (χ0v) is 12.9. The monoisotopic (exact) mass is 308 g/mol. The number of aromatic nitrogens is 1. The second-order valence-electron chi connectivity index (χ2n) is 4.81. The number of hydrogen-bond acceptors (Lipinski definition) is 3. The fourth-order valence-corrected chi connectivity index (χ4v) is 2.04. The molecular weight excluding hydrogens is 291 g/mol. The molecule has 0 fully saturated rings. The van der Waals surface area contributed by atoms with Gasteiger partial charge in [0.25, 0.3) is 0 Å². The number of nitrogens with one attached hydrogen (secondary N) is 1. The van der Waals surface area contributed by atoms with Gasteiger partial charge in [-0.25, -0.2) is 9.37 Å².